The lowest BCUT2D eigenvalue weighted by Crippen LogP contribution is -2.17. The normalized spacial score (nSPS) is 10.3. The van der Waals surface area contributed by atoms with Crippen LogP contribution in [-0.2, 0) is 0 Å². The van der Waals surface area contributed by atoms with Crippen LogP contribution >= 0.6 is 23.2 Å². The lowest BCUT2D eigenvalue weighted by atomic mass is 10.2. The van der Waals surface area contributed by atoms with Crippen molar-refractivity contribution < 1.29 is 9.15 Å². The van der Waals surface area contributed by atoms with Crippen molar-refractivity contribution >= 4 is 39.9 Å². The summed E-state index contributed by atoms with van der Waals surface area (Å²) in [5.74, 6) is 6.56. The Morgan fingerprint density at radius 3 is 2.73 bits per heavy atom. The van der Waals surface area contributed by atoms with Gasteiger partial charge in [-0.05, 0) is 42.5 Å². The Hall–Kier alpha value is -2.61. The fourth-order valence-electron chi connectivity index (χ4n) is 2.32. The molecule has 1 heterocycles. The molecule has 0 saturated heterocycles. The Morgan fingerprint density at radius 2 is 1.92 bits per heavy atom. The highest BCUT2D eigenvalue weighted by molar-refractivity contribution is 6.35. The molecule has 0 aliphatic heterocycles. The van der Waals surface area contributed by atoms with E-state index in [1.54, 1.807) is 30.3 Å². The molecule has 0 fully saturated rings. The summed E-state index contributed by atoms with van der Waals surface area (Å²) in [5, 5.41) is 1.88. The van der Waals surface area contributed by atoms with E-state index in [0.29, 0.717) is 27.9 Å². The first-order valence-electron chi connectivity index (χ1n) is 7.81. The molecule has 0 N–H and O–H groups in total. The second kappa shape index (κ2) is 8.18. The molecule has 2 aromatic carbocycles. The van der Waals surface area contributed by atoms with Gasteiger partial charge in [0, 0.05) is 29.2 Å². The maximum atomic E-state index is 11.2. The van der Waals surface area contributed by atoms with Crippen LogP contribution in [0.4, 0.5) is 5.69 Å². The van der Waals surface area contributed by atoms with Gasteiger partial charge in [-0.1, -0.05) is 35.0 Å². The average Bonchev–Trinajstić information content (AvgIpc) is 2.62. The molecule has 0 radical (unpaired) electrons. The van der Waals surface area contributed by atoms with Crippen molar-refractivity contribution in [1.29, 1.82) is 0 Å². The molecule has 0 atom stereocenters. The fourth-order valence-corrected chi connectivity index (χ4v) is 2.78. The van der Waals surface area contributed by atoms with Crippen molar-refractivity contribution in [1.82, 2.24) is 0 Å². The third-order valence-electron chi connectivity index (χ3n) is 3.68. The first-order valence-corrected chi connectivity index (χ1v) is 8.57. The molecule has 0 bridgehead atoms. The monoisotopic (exact) mass is 387 g/mol. The molecule has 0 unspecified atom stereocenters. The SMILES string of the molecule is CN(CC#CCOc1ccc(Cl)cc1Cl)c1ccc2oc(=O)ccc2c1. The van der Waals surface area contributed by atoms with Gasteiger partial charge >= 0.3 is 5.63 Å². The number of halogens is 2. The molecule has 4 nitrogen and oxygen atoms in total. The molecule has 6 heteroatoms. The van der Waals surface area contributed by atoms with Gasteiger partial charge < -0.3 is 14.1 Å². The maximum Gasteiger partial charge on any atom is 0.336 e. The van der Waals surface area contributed by atoms with Crippen LogP contribution in [0, 0.1) is 11.8 Å². The summed E-state index contributed by atoms with van der Waals surface area (Å²) in [5.41, 5.74) is 1.18. The van der Waals surface area contributed by atoms with Gasteiger partial charge in [-0.3, -0.25) is 0 Å². The van der Waals surface area contributed by atoms with Crippen molar-refractivity contribution in [2.75, 3.05) is 25.1 Å². The van der Waals surface area contributed by atoms with Crippen LogP contribution in [0.3, 0.4) is 0 Å². The van der Waals surface area contributed by atoms with E-state index in [0.717, 1.165) is 11.1 Å². The Bertz CT molecular complexity index is 1050. The summed E-state index contributed by atoms with van der Waals surface area (Å²) >= 11 is 11.9. The second-order valence-electron chi connectivity index (χ2n) is 5.55. The van der Waals surface area contributed by atoms with Crippen LogP contribution in [0.25, 0.3) is 11.0 Å². The van der Waals surface area contributed by atoms with E-state index < -0.39 is 0 Å². The smallest absolute Gasteiger partial charge is 0.336 e. The molecule has 26 heavy (non-hydrogen) atoms. The third kappa shape index (κ3) is 4.51. The molecule has 132 valence electrons. The maximum absolute atomic E-state index is 11.2. The minimum Gasteiger partial charge on any atom is -0.479 e. The van der Waals surface area contributed by atoms with Gasteiger partial charge in [0.2, 0.25) is 0 Å². The number of hydrogen-bond acceptors (Lipinski definition) is 4. The summed E-state index contributed by atoms with van der Waals surface area (Å²) < 4.78 is 10.7. The fraction of sp³-hybridized carbons (Fsp3) is 0.150. The highest BCUT2D eigenvalue weighted by Crippen LogP contribution is 2.27. The number of rotatable bonds is 4. The van der Waals surface area contributed by atoms with Crippen LogP contribution in [0.5, 0.6) is 5.75 Å². The molecular formula is C20H15Cl2NO3. The predicted molar refractivity (Wildman–Crippen MR) is 105 cm³/mol. The molecular weight excluding hydrogens is 373 g/mol. The minimum absolute atomic E-state index is 0.234. The highest BCUT2D eigenvalue weighted by atomic mass is 35.5. The van der Waals surface area contributed by atoms with Crippen LogP contribution < -0.4 is 15.3 Å². The first-order chi connectivity index (χ1) is 12.5. The van der Waals surface area contributed by atoms with Gasteiger partial charge in [-0.2, -0.15) is 0 Å². The van der Waals surface area contributed by atoms with E-state index in [4.69, 9.17) is 32.4 Å². The van der Waals surface area contributed by atoms with Crippen molar-refractivity contribution in [2.24, 2.45) is 0 Å². The van der Waals surface area contributed by atoms with E-state index >= 15 is 0 Å². The summed E-state index contributed by atoms with van der Waals surface area (Å²) in [7, 11) is 1.94. The summed E-state index contributed by atoms with van der Waals surface area (Å²) in [6.07, 6.45) is 0. The molecule has 0 aliphatic carbocycles. The van der Waals surface area contributed by atoms with Crippen molar-refractivity contribution in [3.05, 3.63) is 69.0 Å². The van der Waals surface area contributed by atoms with Gasteiger partial charge in [0.05, 0.1) is 11.6 Å². The van der Waals surface area contributed by atoms with Gasteiger partial charge in [0.25, 0.3) is 0 Å². The highest BCUT2D eigenvalue weighted by Gasteiger charge is 2.03. The standard InChI is InChI=1S/C20H15Cl2NO3/c1-23(16-6-8-18-14(12-16)4-9-20(24)26-18)10-2-3-11-25-19-7-5-15(21)13-17(19)22/h4-9,12-13H,10-11H2,1H3. The summed E-state index contributed by atoms with van der Waals surface area (Å²) in [6, 6.07) is 13.8. The lowest BCUT2D eigenvalue weighted by molar-refractivity contribution is 0.370. The van der Waals surface area contributed by atoms with Crippen LogP contribution in [-0.4, -0.2) is 20.2 Å². The second-order valence-corrected chi connectivity index (χ2v) is 6.39. The van der Waals surface area contributed by atoms with E-state index in [-0.39, 0.29) is 12.2 Å². The summed E-state index contributed by atoms with van der Waals surface area (Å²) in [4.78, 5) is 13.2. The van der Waals surface area contributed by atoms with E-state index in [2.05, 4.69) is 11.8 Å². The quantitative estimate of drug-likeness (QED) is 0.483. The van der Waals surface area contributed by atoms with Crippen LogP contribution in [0.15, 0.2) is 57.7 Å². The Morgan fingerprint density at radius 1 is 1.08 bits per heavy atom. The zero-order chi connectivity index (χ0) is 18.5. The molecule has 0 amide bonds. The average molecular weight is 388 g/mol. The van der Waals surface area contributed by atoms with E-state index in [1.807, 2.05) is 24.1 Å². The number of nitrogens with zero attached hydrogens (tertiary/aromatic N) is 1. The topological polar surface area (TPSA) is 42.7 Å². The molecule has 1 aromatic heterocycles. The number of benzene rings is 2. The van der Waals surface area contributed by atoms with E-state index in [1.165, 1.54) is 6.07 Å². The van der Waals surface area contributed by atoms with Gasteiger partial charge in [-0.25, -0.2) is 4.79 Å². The van der Waals surface area contributed by atoms with Crippen molar-refractivity contribution in [3.63, 3.8) is 0 Å². The zero-order valence-electron chi connectivity index (χ0n) is 14.0. The number of anilines is 1. The number of fused-ring (bicyclic) bond motifs is 1. The molecule has 3 aromatic rings. The number of hydrogen-bond donors (Lipinski definition) is 0. The van der Waals surface area contributed by atoms with Crippen LogP contribution in [0.2, 0.25) is 10.0 Å². The largest absolute Gasteiger partial charge is 0.479 e. The zero-order valence-corrected chi connectivity index (χ0v) is 15.5. The molecule has 0 aliphatic rings. The minimum atomic E-state index is -0.356. The van der Waals surface area contributed by atoms with E-state index in [9.17, 15) is 4.79 Å². The first kappa shape index (κ1) is 18.2. The Kier molecular flexibility index (Phi) is 5.72. The predicted octanol–water partition coefficient (Wildman–Crippen LogP) is 4.62. The third-order valence-corrected chi connectivity index (χ3v) is 4.21. The van der Waals surface area contributed by atoms with Gasteiger partial charge in [0.15, 0.2) is 0 Å². The molecule has 0 spiro atoms. The van der Waals surface area contributed by atoms with Gasteiger partial charge in [0.1, 0.15) is 17.9 Å². The van der Waals surface area contributed by atoms with Crippen LogP contribution in [0.1, 0.15) is 0 Å². The molecule has 0 saturated carbocycles. The van der Waals surface area contributed by atoms with Gasteiger partial charge in [-0.15, -0.1) is 0 Å². The lowest BCUT2D eigenvalue weighted by Gasteiger charge is -2.16. The Balaban J connectivity index is 1.59. The van der Waals surface area contributed by atoms with Crippen molar-refractivity contribution in [3.8, 4) is 17.6 Å². The number of ether oxygens (including phenoxy) is 1. The summed E-state index contributed by atoms with van der Waals surface area (Å²) in [6.45, 7) is 0.762. The van der Waals surface area contributed by atoms with Crippen molar-refractivity contribution in [2.45, 2.75) is 0 Å². The Labute approximate surface area is 160 Å². The molecule has 3 rings (SSSR count).